The van der Waals surface area contributed by atoms with Crippen LogP contribution in [0.1, 0.15) is 37.1 Å². The van der Waals surface area contributed by atoms with Gasteiger partial charge in [-0.3, -0.25) is 9.59 Å². The predicted molar refractivity (Wildman–Crippen MR) is 109 cm³/mol. The molecule has 4 atom stereocenters. The van der Waals surface area contributed by atoms with Crippen LogP contribution in [0.2, 0.25) is 0 Å². The van der Waals surface area contributed by atoms with E-state index in [9.17, 15) is 14.4 Å². The van der Waals surface area contributed by atoms with Crippen LogP contribution in [0.4, 0.5) is 5.69 Å². The molecule has 7 heteroatoms. The first-order chi connectivity index (χ1) is 14.0. The van der Waals surface area contributed by atoms with Crippen LogP contribution in [0.3, 0.4) is 0 Å². The fourth-order valence-corrected chi connectivity index (χ4v) is 5.73. The van der Waals surface area contributed by atoms with Crippen LogP contribution >= 0.6 is 11.3 Å². The molecule has 0 bridgehead atoms. The molecular formula is C22H25N2O4S+. The number of amides is 2. The first kappa shape index (κ1) is 19.8. The molecule has 3 heterocycles. The third-order valence-electron chi connectivity index (χ3n) is 6.17. The molecule has 0 radical (unpaired) electrons. The number of methoxy groups -OCH3 is 1. The molecule has 2 amide bonds. The number of nitrogens with zero attached hydrogens (tertiary/aromatic N) is 1. The minimum Gasteiger partial charge on any atom is -0.464 e. The summed E-state index contributed by atoms with van der Waals surface area (Å²) in [5.41, 5.74) is -0.531. The molecule has 0 saturated carbocycles. The van der Waals surface area contributed by atoms with E-state index in [0.717, 1.165) is 17.7 Å². The lowest BCUT2D eigenvalue weighted by Gasteiger charge is -2.29. The van der Waals surface area contributed by atoms with E-state index >= 15 is 0 Å². The van der Waals surface area contributed by atoms with Crippen molar-refractivity contribution < 1.29 is 24.4 Å². The first-order valence-corrected chi connectivity index (χ1v) is 10.8. The Labute approximate surface area is 173 Å². The van der Waals surface area contributed by atoms with E-state index in [2.05, 4.69) is 0 Å². The minimum absolute atomic E-state index is 0.233. The number of para-hydroxylation sites is 1. The molecular weight excluding hydrogens is 388 g/mol. The summed E-state index contributed by atoms with van der Waals surface area (Å²) in [5, 5.41) is 3.90. The number of carbonyl (C=O) groups excluding carboxylic acids is 3. The van der Waals surface area contributed by atoms with Crippen molar-refractivity contribution in [3.63, 3.8) is 0 Å². The van der Waals surface area contributed by atoms with Gasteiger partial charge in [-0.05, 0) is 30.0 Å². The van der Waals surface area contributed by atoms with Gasteiger partial charge in [-0.1, -0.05) is 37.6 Å². The Morgan fingerprint density at radius 2 is 1.93 bits per heavy atom. The van der Waals surface area contributed by atoms with Crippen molar-refractivity contribution in [2.75, 3.05) is 12.0 Å². The standard InChI is InChI=1S/C22H24N2O4S/c1-3-4-12-22(21(27)28-2)17-16(18(23-22)15-11-8-13-29-15)19(25)24(20(17)26)14-9-6-5-7-10-14/h5-11,13,16-18,23H,3-4,12H2,1-2H3/p+1/t16-,17+,18-,22+/m0/s1. The van der Waals surface area contributed by atoms with Crippen molar-refractivity contribution in [1.82, 2.24) is 0 Å². The molecule has 2 aromatic rings. The Bertz CT molecular complexity index is 914. The quantitative estimate of drug-likeness (QED) is 0.582. The van der Waals surface area contributed by atoms with Gasteiger partial charge < -0.3 is 10.1 Å². The lowest BCUT2D eigenvalue weighted by atomic mass is 9.77. The summed E-state index contributed by atoms with van der Waals surface area (Å²) in [7, 11) is 1.35. The van der Waals surface area contributed by atoms with Gasteiger partial charge in [-0.2, -0.15) is 0 Å². The molecule has 6 nitrogen and oxygen atoms in total. The number of nitrogens with two attached hydrogens (primary N) is 1. The van der Waals surface area contributed by atoms with Crippen LogP contribution in [0, 0.1) is 11.8 Å². The number of quaternary nitrogens is 1. The topological polar surface area (TPSA) is 80.3 Å². The normalized spacial score (nSPS) is 28.6. The average Bonchev–Trinajstić information content (AvgIpc) is 3.44. The number of anilines is 1. The summed E-state index contributed by atoms with van der Waals surface area (Å²) in [4.78, 5) is 42.4. The number of ether oxygens (including phenoxy) is 1. The summed E-state index contributed by atoms with van der Waals surface area (Å²) in [6.45, 7) is 2.05. The van der Waals surface area contributed by atoms with Gasteiger partial charge in [0.05, 0.1) is 17.7 Å². The Kier molecular flexibility index (Phi) is 5.27. The average molecular weight is 414 g/mol. The monoisotopic (exact) mass is 413 g/mol. The highest BCUT2D eigenvalue weighted by Gasteiger charge is 2.72. The van der Waals surface area contributed by atoms with Crippen molar-refractivity contribution in [1.29, 1.82) is 0 Å². The highest BCUT2D eigenvalue weighted by atomic mass is 32.1. The summed E-state index contributed by atoms with van der Waals surface area (Å²) in [6, 6.07) is 12.6. The van der Waals surface area contributed by atoms with Crippen LogP contribution < -0.4 is 10.2 Å². The molecule has 29 heavy (non-hydrogen) atoms. The van der Waals surface area contributed by atoms with Gasteiger partial charge in [-0.25, -0.2) is 9.69 Å². The third kappa shape index (κ3) is 3.00. The van der Waals surface area contributed by atoms with Gasteiger partial charge in [0, 0.05) is 6.42 Å². The van der Waals surface area contributed by atoms with Gasteiger partial charge in [0.15, 0.2) is 0 Å². The zero-order valence-corrected chi connectivity index (χ0v) is 17.4. The van der Waals surface area contributed by atoms with Crippen LogP contribution in [0.5, 0.6) is 0 Å². The van der Waals surface area contributed by atoms with Crippen molar-refractivity contribution >= 4 is 34.8 Å². The van der Waals surface area contributed by atoms with Gasteiger partial charge in [0.2, 0.25) is 17.4 Å². The molecule has 0 unspecified atom stereocenters. The lowest BCUT2D eigenvalue weighted by molar-refractivity contribution is -0.734. The van der Waals surface area contributed by atoms with Crippen molar-refractivity contribution in [2.45, 2.75) is 37.8 Å². The zero-order valence-electron chi connectivity index (χ0n) is 16.5. The molecule has 152 valence electrons. The van der Waals surface area contributed by atoms with Crippen molar-refractivity contribution in [3.8, 4) is 0 Å². The molecule has 2 aliphatic heterocycles. The van der Waals surface area contributed by atoms with E-state index in [1.54, 1.807) is 35.6 Å². The van der Waals surface area contributed by atoms with E-state index in [-0.39, 0.29) is 17.9 Å². The SMILES string of the molecule is CCCC[C@@]1(C(=O)OC)[NH2+][C@@H](c2cccs2)[C@H]2C(=O)N(c3ccccc3)C(=O)[C@@H]21. The Balaban J connectivity index is 1.84. The molecule has 0 aliphatic carbocycles. The first-order valence-electron chi connectivity index (χ1n) is 9.96. The number of esters is 1. The summed E-state index contributed by atoms with van der Waals surface area (Å²) in [5.74, 6) is -2.28. The molecule has 1 aromatic carbocycles. The fourth-order valence-electron chi connectivity index (χ4n) is 4.89. The number of thiophene rings is 1. The Hall–Kier alpha value is -2.51. The highest BCUT2D eigenvalue weighted by Crippen LogP contribution is 2.48. The summed E-state index contributed by atoms with van der Waals surface area (Å²) < 4.78 is 5.18. The third-order valence-corrected chi connectivity index (χ3v) is 7.14. The molecule has 2 saturated heterocycles. The second-order valence-electron chi connectivity index (χ2n) is 7.69. The van der Waals surface area contributed by atoms with Gasteiger partial charge in [0.25, 0.3) is 0 Å². The van der Waals surface area contributed by atoms with Crippen molar-refractivity contribution in [3.05, 3.63) is 52.7 Å². The fraction of sp³-hybridized carbons (Fsp3) is 0.409. The van der Waals surface area contributed by atoms with Crippen LogP contribution in [-0.4, -0.2) is 30.4 Å². The van der Waals surface area contributed by atoms with Gasteiger partial charge in [0.1, 0.15) is 17.9 Å². The second-order valence-corrected chi connectivity index (χ2v) is 8.67. The number of carbonyl (C=O) groups is 3. The molecule has 4 rings (SSSR count). The van der Waals surface area contributed by atoms with E-state index in [0.29, 0.717) is 12.1 Å². The van der Waals surface area contributed by atoms with E-state index in [1.165, 1.54) is 12.0 Å². The van der Waals surface area contributed by atoms with Crippen LogP contribution in [0.25, 0.3) is 0 Å². The Morgan fingerprint density at radius 1 is 1.17 bits per heavy atom. The zero-order chi connectivity index (χ0) is 20.6. The number of hydrogen-bond donors (Lipinski definition) is 1. The number of hydrogen-bond acceptors (Lipinski definition) is 5. The second kappa shape index (κ2) is 7.72. The van der Waals surface area contributed by atoms with Gasteiger partial charge in [-0.15, -0.1) is 11.3 Å². The number of rotatable bonds is 6. The number of benzene rings is 1. The Morgan fingerprint density at radius 3 is 2.55 bits per heavy atom. The predicted octanol–water partition coefficient (Wildman–Crippen LogP) is 2.27. The highest BCUT2D eigenvalue weighted by molar-refractivity contribution is 7.10. The molecule has 1 aromatic heterocycles. The summed E-state index contributed by atoms with van der Waals surface area (Å²) in [6.07, 6.45) is 2.16. The minimum atomic E-state index is -1.08. The van der Waals surface area contributed by atoms with Gasteiger partial charge >= 0.3 is 5.97 Å². The molecule has 2 N–H and O–H groups in total. The van der Waals surface area contributed by atoms with E-state index in [4.69, 9.17) is 4.74 Å². The van der Waals surface area contributed by atoms with E-state index in [1.807, 2.05) is 35.8 Å². The molecule has 2 fully saturated rings. The smallest absolute Gasteiger partial charge is 0.368 e. The van der Waals surface area contributed by atoms with Crippen molar-refractivity contribution in [2.24, 2.45) is 11.8 Å². The summed E-state index contributed by atoms with van der Waals surface area (Å²) >= 11 is 1.55. The maximum absolute atomic E-state index is 13.6. The van der Waals surface area contributed by atoms with Crippen LogP contribution in [0.15, 0.2) is 47.8 Å². The number of unbranched alkanes of at least 4 members (excludes halogenated alkanes) is 1. The number of fused-ring (bicyclic) bond motifs is 1. The van der Waals surface area contributed by atoms with Crippen LogP contribution in [-0.2, 0) is 19.1 Å². The number of imide groups is 1. The molecule has 2 aliphatic rings. The molecule has 0 spiro atoms. The lowest BCUT2D eigenvalue weighted by Crippen LogP contribution is -2.98. The maximum Gasteiger partial charge on any atom is 0.368 e. The largest absolute Gasteiger partial charge is 0.464 e. The van der Waals surface area contributed by atoms with E-state index < -0.39 is 23.3 Å². The maximum atomic E-state index is 13.6.